The molecule has 0 unspecified atom stereocenters. The molecule has 0 aromatic heterocycles. The Morgan fingerprint density at radius 1 is 0.872 bits per heavy atom. The van der Waals surface area contributed by atoms with Crippen LogP contribution in [-0.4, -0.2) is 75.4 Å². The van der Waals surface area contributed by atoms with Crippen molar-refractivity contribution in [3.05, 3.63) is 58.1 Å². The highest BCUT2D eigenvalue weighted by Crippen LogP contribution is 2.41. The molecule has 0 heterocycles. The Labute approximate surface area is 222 Å². The summed E-state index contributed by atoms with van der Waals surface area (Å²) < 4.78 is 92.6. The van der Waals surface area contributed by atoms with Crippen molar-refractivity contribution in [2.24, 2.45) is 0 Å². The zero-order valence-electron chi connectivity index (χ0n) is 19.7. The van der Waals surface area contributed by atoms with Crippen molar-refractivity contribution in [1.82, 2.24) is 4.90 Å². The maximum Gasteiger partial charge on any atom is 0.524 e. The van der Waals surface area contributed by atoms with Gasteiger partial charge < -0.3 is 25.2 Å². The van der Waals surface area contributed by atoms with Gasteiger partial charge in [0, 0.05) is 30.3 Å². The zero-order valence-corrected chi connectivity index (χ0v) is 21.4. The van der Waals surface area contributed by atoms with Crippen molar-refractivity contribution in [3.8, 4) is 5.75 Å². The first kappa shape index (κ1) is 34.6. The monoisotopic (exact) mass is 612 g/mol. The van der Waals surface area contributed by atoms with E-state index in [0.29, 0.717) is 19.6 Å². The largest absolute Gasteiger partial charge is 0.524 e. The number of benzene rings is 2. The van der Waals surface area contributed by atoms with E-state index in [4.69, 9.17) is 36.7 Å². The van der Waals surface area contributed by atoms with Crippen molar-refractivity contribution in [1.29, 1.82) is 0 Å². The van der Waals surface area contributed by atoms with Crippen LogP contribution in [0.3, 0.4) is 0 Å². The summed E-state index contributed by atoms with van der Waals surface area (Å²) >= 11 is 5.68. The molecule has 220 valence electrons. The fourth-order valence-corrected chi connectivity index (χ4v) is 3.46. The highest BCUT2D eigenvalue weighted by atomic mass is 35.5. The van der Waals surface area contributed by atoms with Gasteiger partial charge in [-0.25, -0.2) is 4.57 Å². The molecular formula is C21H24ClF6N2O8P. The zero-order chi connectivity index (χ0) is 30.0. The molecular weight excluding hydrogens is 589 g/mol. The summed E-state index contributed by atoms with van der Waals surface area (Å²) in [4.78, 5) is 31.8. The third-order valence-electron chi connectivity index (χ3n) is 4.50. The second-order valence-corrected chi connectivity index (χ2v) is 9.08. The number of aliphatic hydroxyl groups is 3. The molecule has 0 aliphatic rings. The van der Waals surface area contributed by atoms with Gasteiger partial charge in [-0.15, -0.1) is 0 Å². The summed E-state index contributed by atoms with van der Waals surface area (Å²) in [6.45, 7) is 1.75. The van der Waals surface area contributed by atoms with Gasteiger partial charge in [0.15, 0.2) is 0 Å². The van der Waals surface area contributed by atoms with Gasteiger partial charge in [0.05, 0.1) is 36.5 Å². The first-order valence-corrected chi connectivity index (χ1v) is 12.5. The molecule has 0 atom stereocenters. The molecule has 18 heteroatoms. The SMILES string of the molecule is O=C(Nc1cc(C(F)(F)F)cc(C(F)(F)F)c1)c1cc(Cl)ccc1OP(=O)(O)O.OCCN(CCO)CCO. The minimum absolute atomic E-state index is 0.0694. The van der Waals surface area contributed by atoms with Crippen molar-refractivity contribution < 1.29 is 65.3 Å². The summed E-state index contributed by atoms with van der Waals surface area (Å²) in [6, 6.07) is 3.25. The molecule has 2 aromatic carbocycles. The third kappa shape index (κ3) is 12.5. The number of hydrogen-bond acceptors (Lipinski definition) is 7. The van der Waals surface area contributed by atoms with Crippen molar-refractivity contribution in [2.45, 2.75) is 12.4 Å². The Hall–Kier alpha value is -2.43. The van der Waals surface area contributed by atoms with E-state index >= 15 is 0 Å². The van der Waals surface area contributed by atoms with E-state index in [9.17, 15) is 35.7 Å². The van der Waals surface area contributed by atoms with E-state index < -0.39 is 54.2 Å². The maximum atomic E-state index is 12.9. The molecule has 2 rings (SSSR count). The molecule has 0 aliphatic carbocycles. The Morgan fingerprint density at radius 3 is 1.72 bits per heavy atom. The highest BCUT2D eigenvalue weighted by molar-refractivity contribution is 7.46. The van der Waals surface area contributed by atoms with Crippen LogP contribution in [0.25, 0.3) is 0 Å². The van der Waals surface area contributed by atoms with E-state index in [1.54, 1.807) is 10.2 Å². The van der Waals surface area contributed by atoms with Gasteiger partial charge in [-0.3, -0.25) is 19.5 Å². The number of anilines is 1. The molecule has 0 saturated heterocycles. The molecule has 10 nitrogen and oxygen atoms in total. The first-order chi connectivity index (χ1) is 17.9. The molecule has 0 spiro atoms. The smallest absolute Gasteiger partial charge is 0.403 e. The molecule has 0 saturated carbocycles. The van der Waals surface area contributed by atoms with E-state index in [2.05, 4.69) is 4.52 Å². The van der Waals surface area contributed by atoms with Crippen LogP contribution < -0.4 is 9.84 Å². The summed E-state index contributed by atoms with van der Waals surface area (Å²) in [5, 5.41) is 27.1. The van der Waals surface area contributed by atoms with Gasteiger partial charge in [-0.2, -0.15) is 26.3 Å². The van der Waals surface area contributed by atoms with Gasteiger partial charge in [-0.1, -0.05) is 11.6 Å². The molecule has 0 bridgehead atoms. The minimum atomic E-state index is -5.13. The maximum absolute atomic E-state index is 12.9. The number of phosphoric acid groups is 1. The van der Waals surface area contributed by atoms with Crippen LogP contribution >= 0.6 is 19.4 Å². The van der Waals surface area contributed by atoms with E-state index in [1.165, 1.54) is 0 Å². The number of aliphatic hydroxyl groups excluding tert-OH is 3. The van der Waals surface area contributed by atoms with E-state index in [1.807, 2.05) is 0 Å². The normalized spacial score (nSPS) is 12.1. The number of nitrogens with zero attached hydrogens (tertiary/aromatic N) is 1. The average molecular weight is 613 g/mol. The van der Waals surface area contributed by atoms with E-state index in [0.717, 1.165) is 18.2 Å². The summed E-state index contributed by atoms with van der Waals surface area (Å²) in [5.41, 5.74) is -4.83. The molecule has 6 N–H and O–H groups in total. The summed E-state index contributed by atoms with van der Waals surface area (Å²) in [5.74, 6) is -2.01. The first-order valence-electron chi connectivity index (χ1n) is 10.6. The fourth-order valence-electron chi connectivity index (χ4n) is 2.87. The number of carbonyl (C=O) groups is 1. The number of carbonyl (C=O) groups excluding carboxylic acids is 1. The minimum Gasteiger partial charge on any atom is -0.403 e. The predicted octanol–water partition coefficient (Wildman–Crippen LogP) is 3.37. The predicted molar refractivity (Wildman–Crippen MR) is 126 cm³/mol. The number of halogens is 7. The van der Waals surface area contributed by atoms with Crippen molar-refractivity contribution in [2.75, 3.05) is 44.8 Å². The van der Waals surface area contributed by atoms with Crippen LogP contribution in [0.1, 0.15) is 21.5 Å². The molecule has 0 radical (unpaired) electrons. The van der Waals surface area contributed by atoms with Crippen LogP contribution in [0.2, 0.25) is 5.02 Å². The average Bonchev–Trinajstić information content (AvgIpc) is 2.79. The summed E-state index contributed by atoms with van der Waals surface area (Å²) in [6.07, 6.45) is -10.3. The van der Waals surface area contributed by atoms with Crippen LogP contribution in [0, 0.1) is 0 Å². The third-order valence-corrected chi connectivity index (χ3v) is 5.17. The van der Waals surface area contributed by atoms with Crippen LogP contribution in [0.15, 0.2) is 36.4 Å². The Balaban J connectivity index is 0.000000646. The topological polar surface area (TPSA) is 160 Å². The fraction of sp³-hybridized carbons (Fsp3) is 0.381. The van der Waals surface area contributed by atoms with Crippen molar-refractivity contribution >= 4 is 31.0 Å². The molecule has 0 fully saturated rings. The molecule has 0 aliphatic heterocycles. The van der Waals surface area contributed by atoms with Crippen molar-refractivity contribution in [3.63, 3.8) is 0 Å². The van der Waals surface area contributed by atoms with Gasteiger partial charge in [0.2, 0.25) is 0 Å². The standard InChI is InChI=1S/C15H9ClF6NO5P.C6H15NO3/c16-9-1-2-12(28-29(25,26)27)11(6-9)13(24)23-10-4-7(14(17,18)19)3-8(5-10)15(20,21)22;8-4-1-7(2-5-9)3-6-10/h1-6H,(H,23,24)(H2,25,26,27);8-10H,1-6H2. The Morgan fingerprint density at radius 2 is 1.33 bits per heavy atom. The lowest BCUT2D eigenvalue weighted by atomic mass is 10.1. The molecule has 1 amide bonds. The lowest BCUT2D eigenvalue weighted by molar-refractivity contribution is -0.143. The second-order valence-electron chi connectivity index (χ2n) is 7.48. The second kappa shape index (κ2) is 14.8. The number of rotatable bonds is 10. The van der Waals surface area contributed by atoms with Crippen LogP contribution in [0.5, 0.6) is 5.75 Å². The lowest BCUT2D eigenvalue weighted by Gasteiger charge is -2.17. The lowest BCUT2D eigenvalue weighted by Crippen LogP contribution is -2.32. The number of nitrogens with one attached hydrogen (secondary N) is 1. The number of phosphoric ester groups is 1. The van der Waals surface area contributed by atoms with Crippen LogP contribution in [0.4, 0.5) is 32.0 Å². The Kier molecular flexibility index (Phi) is 13.1. The van der Waals surface area contributed by atoms with Gasteiger partial charge in [0.1, 0.15) is 5.75 Å². The number of hydrogen-bond donors (Lipinski definition) is 6. The quantitative estimate of drug-likeness (QED) is 0.175. The molecule has 39 heavy (non-hydrogen) atoms. The van der Waals surface area contributed by atoms with Crippen LogP contribution in [-0.2, 0) is 16.9 Å². The van der Waals surface area contributed by atoms with E-state index in [-0.39, 0.29) is 43.0 Å². The Bertz CT molecular complexity index is 1100. The molecule has 2 aromatic rings. The van der Waals surface area contributed by atoms with Gasteiger partial charge in [0.25, 0.3) is 5.91 Å². The van der Waals surface area contributed by atoms with Gasteiger partial charge in [-0.05, 0) is 36.4 Å². The number of amides is 1. The highest BCUT2D eigenvalue weighted by Gasteiger charge is 2.37. The summed E-state index contributed by atoms with van der Waals surface area (Å²) in [7, 11) is -5.13. The number of alkyl halides is 6. The van der Waals surface area contributed by atoms with Gasteiger partial charge >= 0.3 is 20.2 Å².